The Morgan fingerprint density at radius 2 is 2.00 bits per heavy atom. The second-order valence-corrected chi connectivity index (χ2v) is 3.03. The maximum absolute atomic E-state index is 9.51. The van der Waals surface area contributed by atoms with E-state index in [1.54, 1.807) is 7.11 Å². The third kappa shape index (κ3) is 2.06. The molecule has 0 aliphatic rings. The molecule has 0 aromatic heterocycles. The lowest BCUT2D eigenvalue weighted by Gasteiger charge is -2.10. The van der Waals surface area contributed by atoms with Gasteiger partial charge in [-0.1, -0.05) is 15.9 Å². The van der Waals surface area contributed by atoms with E-state index in [-0.39, 0.29) is 5.75 Å². The summed E-state index contributed by atoms with van der Waals surface area (Å²) in [7, 11) is 3.08. The fraction of sp³-hybridized carbons (Fsp3) is 0.333. The average molecular weight is 247 g/mol. The Balaban J connectivity index is 3.20. The minimum Gasteiger partial charge on any atom is -0.504 e. The highest BCUT2D eigenvalue weighted by Gasteiger charge is 2.09. The van der Waals surface area contributed by atoms with Crippen LogP contribution in [0.3, 0.4) is 0 Å². The summed E-state index contributed by atoms with van der Waals surface area (Å²) in [6.07, 6.45) is 0. The van der Waals surface area contributed by atoms with E-state index in [0.29, 0.717) is 16.8 Å². The maximum Gasteiger partial charge on any atom is 0.164 e. The van der Waals surface area contributed by atoms with Gasteiger partial charge in [0.15, 0.2) is 11.5 Å². The third-order valence-electron chi connectivity index (χ3n) is 1.70. The van der Waals surface area contributed by atoms with Crippen LogP contribution in [0.25, 0.3) is 0 Å². The monoisotopic (exact) mass is 246 g/mol. The van der Waals surface area contributed by atoms with Crippen LogP contribution in [-0.2, 0) is 5.33 Å². The van der Waals surface area contributed by atoms with Crippen molar-refractivity contribution in [2.45, 2.75) is 5.33 Å². The van der Waals surface area contributed by atoms with Crippen LogP contribution in [0, 0.1) is 0 Å². The summed E-state index contributed by atoms with van der Waals surface area (Å²) >= 11 is 3.30. The van der Waals surface area contributed by atoms with Crippen LogP contribution in [0.1, 0.15) is 5.56 Å². The van der Waals surface area contributed by atoms with E-state index < -0.39 is 0 Å². The predicted molar refractivity (Wildman–Crippen MR) is 53.8 cm³/mol. The molecule has 0 aliphatic carbocycles. The number of phenolic OH excluding ortho intramolecular Hbond substituents is 1. The first-order chi connectivity index (χ1) is 6.22. The van der Waals surface area contributed by atoms with Gasteiger partial charge in [-0.25, -0.2) is 0 Å². The number of alkyl halides is 1. The van der Waals surface area contributed by atoms with Gasteiger partial charge in [0.05, 0.1) is 14.2 Å². The van der Waals surface area contributed by atoms with E-state index in [0.717, 1.165) is 5.56 Å². The molecule has 3 nitrogen and oxygen atoms in total. The first kappa shape index (κ1) is 10.2. The first-order valence-electron chi connectivity index (χ1n) is 3.72. The lowest BCUT2D eigenvalue weighted by Crippen LogP contribution is -1.92. The average Bonchev–Trinajstić information content (AvgIpc) is 2.16. The highest BCUT2D eigenvalue weighted by molar-refractivity contribution is 9.08. The normalized spacial score (nSPS) is 9.77. The Morgan fingerprint density at radius 3 is 2.46 bits per heavy atom. The highest BCUT2D eigenvalue weighted by atomic mass is 79.9. The SMILES string of the molecule is COc1cc(O)c(OC)c(CBr)c1. The van der Waals surface area contributed by atoms with Gasteiger partial charge < -0.3 is 14.6 Å². The molecule has 0 saturated heterocycles. The number of phenols is 1. The van der Waals surface area contributed by atoms with Crippen molar-refractivity contribution in [3.05, 3.63) is 17.7 Å². The number of hydrogen-bond acceptors (Lipinski definition) is 3. The second kappa shape index (κ2) is 4.37. The van der Waals surface area contributed by atoms with Crippen LogP contribution >= 0.6 is 15.9 Å². The summed E-state index contributed by atoms with van der Waals surface area (Å²) in [6, 6.07) is 3.33. The standard InChI is InChI=1S/C9H11BrO3/c1-12-7-3-6(5-10)9(13-2)8(11)4-7/h3-4,11H,5H2,1-2H3. The highest BCUT2D eigenvalue weighted by Crippen LogP contribution is 2.35. The van der Waals surface area contributed by atoms with Crippen LogP contribution in [0.5, 0.6) is 17.2 Å². The Kier molecular flexibility index (Phi) is 3.42. The smallest absolute Gasteiger partial charge is 0.164 e. The van der Waals surface area contributed by atoms with Crippen molar-refractivity contribution in [1.82, 2.24) is 0 Å². The van der Waals surface area contributed by atoms with Crippen molar-refractivity contribution in [1.29, 1.82) is 0 Å². The molecule has 13 heavy (non-hydrogen) atoms. The van der Waals surface area contributed by atoms with Gasteiger partial charge in [-0.2, -0.15) is 0 Å². The summed E-state index contributed by atoms with van der Waals surface area (Å²) < 4.78 is 10.0. The number of rotatable bonds is 3. The van der Waals surface area contributed by atoms with Crippen LogP contribution in [0.2, 0.25) is 0 Å². The molecule has 72 valence electrons. The van der Waals surface area contributed by atoms with Crippen molar-refractivity contribution in [2.75, 3.05) is 14.2 Å². The zero-order valence-electron chi connectivity index (χ0n) is 7.50. The maximum atomic E-state index is 9.51. The molecular formula is C9H11BrO3. The lowest BCUT2D eigenvalue weighted by atomic mass is 10.2. The molecule has 0 aliphatic heterocycles. The fourth-order valence-corrected chi connectivity index (χ4v) is 1.51. The second-order valence-electron chi connectivity index (χ2n) is 2.47. The molecule has 0 amide bonds. The summed E-state index contributed by atoms with van der Waals surface area (Å²) in [5.41, 5.74) is 0.861. The zero-order valence-corrected chi connectivity index (χ0v) is 9.09. The van der Waals surface area contributed by atoms with Crippen molar-refractivity contribution in [3.63, 3.8) is 0 Å². The molecular weight excluding hydrogens is 236 g/mol. The molecule has 0 bridgehead atoms. The summed E-state index contributed by atoms with van der Waals surface area (Å²) in [4.78, 5) is 0. The van der Waals surface area contributed by atoms with Crippen molar-refractivity contribution >= 4 is 15.9 Å². The molecule has 0 radical (unpaired) electrons. The molecule has 4 heteroatoms. The van der Waals surface area contributed by atoms with Gasteiger partial charge in [0.25, 0.3) is 0 Å². The van der Waals surface area contributed by atoms with Crippen molar-refractivity contribution in [3.8, 4) is 17.2 Å². The number of benzene rings is 1. The fourth-order valence-electron chi connectivity index (χ4n) is 1.10. The van der Waals surface area contributed by atoms with Crippen molar-refractivity contribution < 1.29 is 14.6 Å². The largest absolute Gasteiger partial charge is 0.504 e. The first-order valence-corrected chi connectivity index (χ1v) is 4.85. The molecule has 1 aromatic carbocycles. The van der Waals surface area contributed by atoms with Crippen LogP contribution in [-0.4, -0.2) is 19.3 Å². The van der Waals surface area contributed by atoms with Crippen LogP contribution in [0.4, 0.5) is 0 Å². The van der Waals surface area contributed by atoms with Gasteiger partial charge in [-0.15, -0.1) is 0 Å². The van der Waals surface area contributed by atoms with Crippen molar-refractivity contribution in [2.24, 2.45) is 0 Å². The minimum atomic E-state index is 0.0938. The molecule has 1 aromatic rings. The Bertz CT molecular complexity index is 299. The van der Waals surface area contributed by atoms with Gasteiger partial charge in [0, 0.05) is 17.0 Å². The quantitative estimate of drug-likeness (QED) is 0.833. The van der Waals surface area contributed by atoms with E-state index >= 15 is 0 Å². The number of halogens is 1. The predicted octanol–water partition coefficient (Wildman–Crippen LogP) is 2.30. The molecule has 1 N–H and O–H groups in total. The number of methoxy groups -OCH3 is 2. The van der Waals surface area contributed by atoms with Gasteiger partial charge in [-0.3, -0.25) is 0 Å². The van der Waals surface area contributed by atoms with Gasteiger partial charge in [0.2, 0.25) is 0 Å². The summed E-state index contributed by atoms with van der Waals surface area (Å²) in [5, 5.41) is 10.1. The molecule has 1 rings (SSSR count). The molecule has 0 spiro atoms. The van der Waals surface area contributed by atoms with Crippen LogP contribution in [0.15, 0.2) is 12.1 Å². The van der Waals surface area contributed by atoms with Gasteiger partial charge in [-0.05, 0) is 6.07 Å². The summed E-state index contributed by atoms with van der Waals surface area (Å²) in [5.74, 6) is 1.20. The van der Waals surface area contributed by atoms with E-state index in [4.69, 9.17) is 9.47 Å². The summed E-state index contributed by atoms with van der Waals surface area (Å²) in [6.45, 7) is 0. The molecule has 0 saturated carbocycles. The number of hydrogen-bond donors (Lipinski definition) is 1. The lowest BCUT2D eigenvalue weighted by molar-refractivity contribution is 0.363. The topological polar surface area (TPSA) is 38.7 Å². The van der Waals surface area contributed by atoms with E-state index in [1.807, 2.05) is 6.07 Å². The van der Waals surface area contributed by atoms with Gasteiger partial charge in [0.1, 0.15) is 5.75 Å². The van der Waals surface area contributed by atoms with E-state index in [1.165, 1.54) is 13.2 Å². The molecule has 0 fully saturated rings. The molecule has 0 heterocycles. The van der Waals surface area contributed by atoms with E-state index in [2.05, 4.69) is 15.9 Å². The Hall–Kier alpha value is -0.900. The zero-order chi connectivity index (χ0) is 9.84. The molecule has 0 atom stereocenters. The minimum absolute atomic E-state index is 0.0938. The van der Waals surface area contributed by atoms with E-state index in [9.17, 15) is 5.11 Å². The van der Waals surface area contributed by atoms with Gasteiger partial charge >= 0.3 is 0 Å². The number of aromatic hydroxyl groups is 1. The Labute approximate surface area is 85.4 Å². The molecule has 0 unspecified atom stereocenters. The van der Waals surface area contributed by atoms with Crippen LogP contribution < -0.4 is 9.47 Å². The third-order valence-corrected chi connectivity index (χ3v) is 2.31. The Morgan fingerprint density at radius 1 is 1.31 bits per heavy atom. The number of ether oxygens (including phenoxy) is 2.